The number of halogens is 1. The second-order valence-electron chi connectivity index (χ2n) is 5.09. The number of rotatable bonds is 5. The van der Waals surface area contributed by atoms with Crippen molar-refractivity contribution in [1.82, 2.24) is 9.55 Å². The molecule has 3 aromatic rings. The van der Waals surface area contributed by atoms with Gasteiger partial charge in [0.25, 0.3) is 5.56 Å². The minimum atomic E-state index is -0.133. The Balaban J connectivity index is 1.68. The van der Waals surface area contributed by atoms with Gasteiger partial charge in [-0.15, -0.1) is 0 Å². The van der Waals surface area contributed by atoms with E-state index in [-0.39, 0.29) is 5.56 Å². The number of nitrogens with zero attached hydrogens (tertiary/aromatic N) is 2. The molecular formula is C18H15BrN2O2. The van der Waals surface area contributed by atoms with Gasteiger partial charge in [0.2, 0.25) is 5.88 Å². The number of hydrogen-bond donors (Lipinski definition) is 0. The van der Waals surface area contributed by atoms with Gasteiger partial charge in [0.1, 0.15) is 12.9 Å². The second-order valence-corrected chi connectivity index (χ2v) is 6.01. The summed E-state index contributed by atoms with van der Waals surface area (Å²) in [5.74, 6) is 0.339. The number of hydrogen-bond acceptors (Lipinski definition) is 3. The molecule has 0 spiro atoms. The van der Waals surface area contributed by atoms with Crippen molar-refractivity contribution in [3.63, 3.8) is 0 Å². The van der Waals surface area contributed by atoms with Gasteiger partial charge in [0, 0.05) is 4.47 Å². The molecule has 5 heteroatoms. The van der Waals surface area contributed by atoms with E-state index in [0.29, 0.717) is 19.0 Å². The molecule has 0 bridgehead atoms. The van der Waals surface area contributed by atoms with Crippen molar-refractivity contribution in [2.45, 2.75) is 13.2 Å². The molecule has 0 saturated heterocycles. The van der Waals surface area contributed by atoms with Crippen LogP contribution in [0.2, 0.25) is 0 Å². The van der Waals surface area contributed by atoms with E-state index in [9.17, 15) is 4.79 Å². The Bertz CT molecular complexity index is 830. The summed E-state index contributed by atoms with van der Waals surface area (Å²) in [5.41, 5.74) is 1.94. The SMILES string of the molecule is O=c1cc(OCc2ccccc2)ncn1Cc1ccc(Br)cc1. The van der Waals surface area contributed by atoms with E-state index in [4.69, 9.17) is 4.74 Å². The third-order valence-electron chi connectivity index (χ3n) is 3.35. The van der Waals surface area contributed by atoms with Crippen LogP contribution in [-0.2, 0) is 13.2 Å². The van der Waals surface area contributed by atoms with Gasteiger partial charge >= 0.3 is 0 Å². The highest BCUT2D eigenvalue weighted by molar-refractivity contribution is 9.10. The molecule has 1 aromatic heterocycles. The lowest BCUT2D eigenvalue weighted by Crippen LogP contribution is -2.20. The fourth-order valence-corrected chi connectivity index (χ4v) is 2.39. The quantitative estimate of drug-likeness (QED) is 0.688. The third kappa shape index (κ3) is 4.29. The highest BCUT2D eigenvalue weighted by Crippen LogP contribution is 2.11. The molecule has 0 amide bonds. The number of benzene rings is 2. The molecule has 0 radical (unpaired) electrons. The molecule has 116 valence electrons. The molecular weight excluding hydrogens is 356 g/mol. The molecule has 0 unspecified atom stereocenters. The Labute approximate surface area is 142 Å². The lowest BCUT2D eigenvalue weighted by atomic mass is 10.2. The van der Waals surface area contributed by atoms with Crippen LogP contribution in [0.25, 0.3) is 0 Å². The molecule has 0 aliphatic carbocycles. The van der Waals surface area contributed by atoms with Gasteiger partial charge in [-0.05, 0) is 23.3 Å². The van der Waals surface area contributed by atoms with Crippen molar-refractivity contribution in [1.29, 1.82) is 0 Å². The summed E-state index contributed by atoms with van der Waals surface area (Å²) >= 11 is 3.39. The van der Waals surface area contributed by atoms with Crippen LogP contribution in [0.1, 0.15) is 11.1 Å². The first-order valence-electron chi connectivity index (χ1n) is 7.18. The van der Waals surface area contributed by atoms with Crippen molar-refractivity contribution in [2.24, 2.45) is 0 Å². The molecule has 23 heavy (non-hydrogen) atoms. The van der Waals surface area contributed by atoms with Crippen molar-refractivity contribution < 1.29 is 4.74 Å². The Morgan fingerprint density at radius 1 is 1.00 bits per heavy atom. The van der Waals surface area contributed by atoms with Crippen LogP contribution in [0, 0.1) is 0 Å². The van der Waals surface area contributed by atoms with E-state index in [1.807, 2.05) is 54.6 Å². The molecule has 0 atom stereocenters. The van der Waals surface area contributed by atoms with E-state index < -0.39 is 0 Å². The molecule has 0 fully saturated rings. The van der Waals surface area contributed by atoms with Crippen LogP contribution in [-0.4, -0.2) is 9.55 Å². The topological polar surface area (TPSA) is 44.1 Å². The zero-order chi connectivity index (χ0) is 16.1. The lowest BCUT2D eigenvalue weighted by Gasteiger charge is -2.08. The van der Waals surface area contributed by atoms with E-state index >= 15 is 0 Å². The highest BCUT2D eigenvalue weighted by atomic mass is 79.9. The van der Waals surface area contributed by atoms with Gasteiger partial charge in [-0.3, -0.25) is 9.36 Å². The fraction of sp³-hybridized carbons (Fsp3) is 0.111. The molecule has 0 saturated carbocycles. The maximum absolute atomic E-state index is 12.2. The van der Waals surface area contributed by atoms with Crippen molar-refractivity contribution >= 4 is 15.9 Å². The molecule has 0 aliphatic heterocycles. The van der Waals surface area contributed by atoms with Crippen LogP contribution >= 0.6 is 15.9 Å². The largest absolute Gasteiger partial charge is 0.473 e. The smallest absolute Gasteiger partial charge is 0.257 e. The van der Waals surface area contributed by atoms with Crippen LogP contribution in [0.5, 0.6) is 5.88 Å². The van der Waals surface area contributed by atoms with Crippen LogP contribution in [0.4, 0.5) is 0 Å². The van der Waals surface area contributed by atoms with Gasteiger partial charge in [-0.25, -0.2) is 4.98 Å². The second kappa shape index (κ2) is 7.24. The lowest BCUT2D eigenvalue weighted by molar-refractivity contribution is 0.291. The molecule has 4 nitrogen and oxygen atoms in total. The van der Waals surface area contributed by atoms with E-state index in [1.54, 1.807) is 4.57 Å². The van der Waals surface area contributed by atoms with Crippen LogP contribution in [0.15, 0.2) is 76.3 Å². The molecule has 3 rings (SSSR count). The first-order chi connectivity index (χ1) is 11.2. The molecule has 0 N–H and O–H groups in total. The maximum atomic E-state index is 12.2. The fourth-order valence-electron chi connectivity index (χ4n) is 2.13. The summed E-state index contributed by atoms with van der Waals surface area (Å²) < 4.78 is 8.13. The summed E-state index contributed by atoms with van der Waals surface area (Å²) in [4.78, 5) is 16.4. The molecule has 2 aromatic carbocycles. The Kier molecular flexibility index (Phi) is 4.88. The Morgan fingerprint density at radius 2 is 1.74 bits per heavy atom. The summed E-state index contributed by atoms with van der Waals surface area (Å²) in [6.07, 6.45) is 1.52. The standard InChI is InChI=1S/C18H15BrN2O2/c19-16-8-6-14(7-9-16)11-21-13-20-17(10-18(21)22)23-12-15-4-2-1-3-5-15/h1-10,13H,11-12H2. The number of ether oxygens (including phenoxy) is 1. The van der Waals surface area contributed by atoms with Gasteiger partial charge in [0.15, 0.2) is 0 Å². The maximum Gasteiger partial charge on any atom is 0.257 e. The molecule has 0 aliphatic rings. The Hall–Kier alpha value is -2.40. The molecule has 1 heterocycles. The first kappa shape index (κ1) is 15.5. The summed E-state index contributed by atoms with van der Waals surface area (Å²) in [6.45, 7) is 0.877. The van der Waals surface area contributed by atoms with Crippen molar-refractivity contribution in [3.05, 3.63) is 92.9 Å². The Morgan fingerprint density at radius 3 is 2.43 bits per heavy atom. The van der Waals surface area contributed by atoms with Crippen LogP contribution < -0.4 is 10.3 Å². The van der Waals surface area contributed by atoms with E-state index in [2.05, 4.69) is 20.9 Å². The zero-order valence-electron chi connectivity index (χ0n) is 12.4. The summed E-state index contributed by atoms with van der Waals surface area (Å²) in [7, 11) is 0. The van der Waals surface area contributed by atoms with Gasteiger partial charge < -0.3 is 4.74 Å². The van der Waals surface area contributed by atoms with Gasteiger partial charge in [-0.1, -0.05) is 58.4 Å². The average Bonchev–Trinajstić information content (AvgIpc) is 2.58. The highest BCUT2D eigenvalue weighted by Gasteiger charge is 2.03. The zero-order valence-corrected chi connectivity index (χ0v) is 13.9. The van der Waals surface area contributed by atoms with Crippen molar-refractivity contribution in [2.75, 3.05) is 0 Å². The minimum absolute atomic E-state index is 0.133. The van der Waals surface area contributed by atoms with Gasteiger partial charge in [0.05, 0.1) is 12.6 Å². The predicted molar refractivity (Wildman–Crippen MR) is 92.5 cm³/mol. The summed E-state index contributed by atoms with van der Waals surface area (Å²) in [6, 6.07) is 19.0. The summed E-state index contributed by atoms with van der Waals surface area (Å²) in [5, 5.41) is 0. The average molecular weight is 371 g/mol. The third-order valence-corrected chi connectivity index (χ3v) is 3.88. The number of aromatic nitrogens is 2. The minimum Gasteiger partial charge on any atom is -0.473 e. The van der Waals surface area contributed by atoms with E-state index in [0.717, 1.165) is 15.6 Å². The van der Waals surface area contributed by atoms with Crippen LogP contribution in [0.3, 0.4) is 0 Å². The van der Waals surface area contributed by atoms with Gasteiger partial charge in [-0.2, -0.15) is 0 Å². The normalized spacial score (nSPS) is 10.5. The predicted octanol–water partition coefficient (Wildman–Crippen LogP) is 3.63. The van der Waals surface area contributed by atoms with Crippen molar-refractivity contribution in [3.8, 4) is 5.88 Å². The first-order valence-corrected chi connectivity index (χ1v) is 7.98. The van der Waals surface area contributed by atoms with E-state index in [1.165, 1.54) is 12.4 Å². The monoisotopic (exact) mass is 370 g/mol.